The molecule has 2 atom stereocenters. The lowest BCUT2D eigenvalue weighted by molar-refractivity contribution is -0.138. The fraction of sp³-hybridized carbons (Fsp3) is 0.316. The summed E-state index contributed by atoms with van der Waals surface area (Å²) in [5.41, 5.74) is 3.57. The first-order valence-corrected chi connectivity index (χ1v) is 7.52. The predicted octanol–water partition coefficient (Wildman–Crippen LogP) is 4.34. The van der Waals surface area contributed by atoms with E-state index in [9.17, 15) is 9.90 Å². The number of carboxylic acid groups (broad SMARTS) is 1. The van der Waals surface area contributed by atoms with E-state index >= 15 is 0 Å². The van der Waals surface area contributed by atoms with Crippen LogP contribution in [0.4, 0.5) is 0 Å². The molecular weight excluding hydrogens is 260 g/mol. The Labute approximate surface area is 125 Å². The Bertz CT molecular complexity index is 648. The highest BCUT2D eigenvalue weighted by Crippen LogP contribution is 2.52. The van der Waals surface area contributed by atoms with Crippen molar-refractivity contribution in [3.8, 4) is 0 Å². The lowest BCUT2D eigenvalue weighted by Crippen LogP contribution is -2.26. The summed E-state index contributed by atoms with van der Waals surface area (Å²) in [6.07, 6.45) is 1.96. The SMILES string of the molecule is CCC1(CC(=O)O)CC(c2ccccc2)c2ccccc21. The zero-order chi connectivity index (χ0) is 14.9. The molecule has 1 aliphatic rings. The molecule has 1 aliphatic carbocycles. The van der Waals surface area contributed by atoms with Crippen molar-refractivity contribution in [1.29, 1.82) is 0 Å². The van der Waals surface area contributed by atoms with Crippen LogP contribution in [0.3, 0.4) is 0 Å². The second-order valence-electron chi connectivity index (χ2n) is 5.96. The van der Waals surface area contributed by atoms with Crippen LogP contribution in [0.15, 0.2) is 54.6 Å². The van der Waals surface area contributed by atoms with Crippen molar-refractivity contribution in [3.63, 3.8) is 0 Å². The monoisotopic (exact) mass is 280 g/mol. The predicted molar refractivity (Wildman–Crippen MR) is 83.6 cm³/mol. The summed E-state index contributed by atoms with van der Waals surface area (Å²) in [6, 6.07) is 18.8. The van der Waals surface area contributed by atoms with Gasteiger partial charge in [-0.1, -0.05) is 61.5 Å². The zero-order valence-electron chi connectivity index (χ0n) is 12.3. The van der Waals surface area contributed by atoms with Crippen molar-refractivity contribution < 1.29 is 9.90 Å². The average Bonchev–Trinajstić information content (AvgIpc) is 2.83. The van der Waals surface area contributed by atoms with Crippen molar-refractivity contribution in [2.75, 3.05) is 0 Å². The average molecular weight is 280 g/mol. The summed E-state index contributed by atoms with van der Waals surface area (Å²) >= 11 is 0. The molecule has 108 valence electrons. The molecule has 3 rings (SSSR count). The summed E-state index contributed by atoms with van der Waals surface area (Å²) in [4.78, 5) is 11.4. The van der Waals surface area contributed by atoms with Crippen molar-refractivity contribution in [3.05, 3.63) is 71.3 Å². The molecule has 2 unspecified atom stereocenters. The molecule has 0 heterocycles. The molecule has 0 amide bonds. The molecule has 0 saturated heterocycles. The fourth-order valence-corrected chi connectivity index (χ4v) is 3.79. The van der Waals surface area contributed by atoms with Gasteiger partial charge in [0.25, 0.3) is 0 Å². The number of fused-ring (bicyclic) bond motifs is 1. The Balaban J connectivity index is 2.10. The standard InChI is InChI=1S/C19H20O2/c1-2-19(13-18(20)21)12-16(14-8-4-3-5-9-14)15-10-6-7-11-17(15)19/h3-11,16H,2,12-13H2,1H3,(H,20,21). The largest absolute Gasteiger partial charge is 0.481 e. The van der Waals surface area contributed by atoms with Crippen molar-refractivity contribution >= 4 is 5.97 Å². The summed E-state index contributed by atoms with van der Waals surface area (Å²) in [5, 5.41) is 9.35. The van der Waals surface area contributed by atoms with E-state index in [0.717, 1.165) is 12.8 Å². The van der Waals surface area contributed by atoms with E-state index in [-0.39, 0.29) is 11.8 Å². The minimum atomic E-state index is -0.708. The van der Waals surface area contributed by atoms with Gasteiger partial charge in [0, 0.05) is 11.3 Å². The summed E-state index contributed by atoms with van der Waals surface area (Å²) in [7, 11) is 0. The molecule has 2 aromatic carbocycles. The first-order chi connectivity index (χ1) is 10.2. The maximum Gasteiger partial charge on any atom is 0.304 e. The number of hydrogen-bond donors (Lipinski definition) is 1. The smallest absolute Gasteiger partial charge is 0.304 e. The molecule has 1 N–H and O–H groups in total. The van der Waals surface area contributed by atoms with E-state index in [1.165, 1.54) is 16.7 Å². The van der Waals surface area contributed by atoms with Crippen molar-refractivity contribution in [2.24, 2.45) is 0 Å². The van der Waals surface area contributed by atoms with Gasteiger partial charge in [0.05, 0.1) is 6.42 Å². The molecule has 0 aromatic heterocycles. The maximum atomic E-state index is 11.4. The molecule has 0 radical (unpaired) electrons. The van der Waals surface area contributed by atoms with Crippen molar-refractivity contribution in [2.45, 2.75) is 37.5 Å². The van der Waals surface area contributed by atoms with Gasteiger partial charge in [-0.2, -0.15) is 0 Å². The third-order valence-corrected chi connectivity index (χ3v) is 4.87. The van der Waals surface area contributed by atoms with Crippen LogP contribution in [0.5, 0.6) is 0 Å². The number of aliphatic carboxylic acids is 1. The lowest BCUT2D eigenvalue weighted by atomic mass is 9.75. The third-order valence-electron chi connectivity index (χ3n) is 4.87. The molecule has 0 spiro atoms. The van der Waals surface area contributed by atoms with Gasteiger partial charge in [0.1, 0.15) is 0 Å². The molecule has 0 bridgehead atoms. The van der Waals surface area contributed by atoms with Crippen molar-refractivity contribution in [1.82, 2.24) is 0 Å². The Kier molecular flexibility index (Phi) is 3.54. The zero-order valence-corrected chi connectivity index (χ0v) is 12.3. The van der Waals surface area contributed by atoms with Gasteiger partial charge in [-0.25, -0.2) is 0 Å². The van der Waals surface area contributed by atoms with E-state index in [2.05, 4.69) is 49.4 Å². The number of carbonyl (C=O) groups is 1. The van der Waals surface area contributed by atoms with Gasteiger partial charge in [-0.3, -0.25) is 4.79 Å². The second kappa shape index (κ2) is 5.36. The van der Waals surface area contributed by atoms with Gasteiger partial charge >= 0.3 is 5.97 Å². The Morgan fingerprint density at radius 2 is 1.81 bits per heavy atom. The molecule has 0 aliphatic heterocycles. The molecule has 0 saturated carbocycles. The van der Waals surface area contributed by atoms with E-state index in [1.807, 2.05) is 12.1 Å². The van der Waals surface area contributed by atoms with Crippen LogP contribution in [-0.4, -0.2) is 11.1 Å². The van der Waals surface area contributed by atoms with E-state index in [1.54, 1.807) is 0 Å². The van der Waals surface area contributed by atoms with E-state index in [4.69, 9.17) is 0 Å². The third kappa shape index (κ3) is 2.35. The van der Waals surface area contributed by atoms with E-state index < -0.39 is 5.97 Å². The van der Waals surface area contributed by atoms with Crippen LogP contribution >= 0.6 is 0 Å². The Morgan fingerprint density at radius 1 is 1.14 bits per heavy atom. The van der Waals surface area contributed by atoms with Crippen LogP contribution in [-0.2, 0) is 10.2 Å². The molecule has 21 heavy (non-hydrogen) atoms. The quantitative estimate of drug-likeness (QED) is 0.904. The second-order valence-corrected chi connectivity index (χ2v) is 5.96. The highest BCUT2D eigenvalue weighted by atomic mass is 16.4. The maximum absolute atomic E-state index is 11.4. The number of rotatable bonds is 4. The minimum Gasteiger partial charge on any atom is -0.481 e. The van der Waals surface area contributed by atoms with E-state index in [0.29, 0.717) is 5.92 Å². The first-order valence-electron chi connectivity index (χ1n) is 7.52. The Hall–Kier alpha value is -2.09. The summed E-state index contributed by atoms with van der Waals surface area (Å²) < 4.78 is 0. The molecule has 2 heteroatoms. The number of carboxylic acids is 1. The number of hydrogen-bond acceptors (Lipinski definition) is 1. The topological polar surface area (TPSA) is 37.3 Å². The molecule has 2 aromatic rings. The van der Waals surface area contributed by atoms with Gasteiger partial charge in [-0.05, 0) is 29.5 Å². The van der Waals surface area contributed by atoms with Gasteiger partial charge in [-0.15, -0.1) is 0 Å². The van der Waals surface area contributed by atoms with Crippen LogP contribution in [0.1, 0.15) is 48.8 Å². The minimum absolute atomic E-state index is 0.212. The van der Waals surface area contributed by atoms with Gasteiger partial charge < -0.3 is 5.11 Å². The number of benzene rings is 2. The van der Waals surface area contributed by atoms with Gasteiger partial charge in [0.15, 0.2) is 0 Å². The van der Waals surface area contributed by atoms with Crippen LogP contribution < -0.4 is 0 Å². The van der Waals surface area contributed by atoms with Crippen LogP contribution in [0, 0.1) is 0 Å². The summed E-state index contributed by atoms with van der Waals surface area (Å²) in [6.45, 7) is 2.10. The normalized spacial score (nSPS) is 23.8. The van der Waals surface area contributed by atoms with Gasteiger partial charge in [0.2, 0.25) is 0 Å². The first kappa shape index (κ1) is 13.9. The molecule has 0 fully saturated rings. The highest BCUT2D eigenvalue weighted by Gasteiger charge is 2.44. The Morgan fingerprint density at radius 3 is 2.48 bits per heavy atom. The lowest BCUT2D eigenvalue weighted by Gasteiger charge is -2.27. The van der Waals surface area contributed by atoms with Crippen LogP contribution in [0.2, 0.25) is 0 Å². The summed E-state index contributed by atoms with van der Waals surface area (Å²) in [5.74, 6) is -0.401. The highest BCUT2D eigenvalue weighted by molar-refractivity contribution is 5.70. The van der Waals surface area contributed by atoms with Crippen LogP contribution in [0.25, 0.3) is 0 Å². The molecular formula is C19H20O2. The fourth-order valence-electron chi connectivity index (χ4n) is 3.79. The molecule has 2 nitrogen and oxygen atoms in total.